The van der Waals surface area contributed by atoms with Gasteiger partial charge in [0.2, 0.25) is 0 Å². The maximum atomic E-state index is 6.72. The Balaban J connectivity index is 1.24. The van der Waals surface area contributed by atoms with Gasteiger partial charge in [-0.25, -0.2) is 15.0 Å². The fourth-order valence-electron chi connectivity index (χ4n) is 7.43. The molecule has 0 unspecified atom stereocenters. The molecule has 0 bridgehead atoms. The van der Waals surface area contributed by atoms with Gasteiger partial charge in [0, 0.05) is 21.7 Å². The highest BCUT2D eigenvalue weighted by Crippen LogP contribution is 2.56. The van der Waals surface area contributed by atoms with Crippen LogP contribution in [-0.4, -0.2) is 15.0 Å². The first kappa shape index (κ1) is 29.9. The summed E-state index contributed by atoms with van der Waals surface area (Å²) in [7, 11) is 0. The molecule has 0 saturated heterocycles. The first-order valence-electron chi connectivity index (χ1n) is 16.7. The van der Waals surface area contributed by atoms with E-state index in [0.29, 0.717) is 22.5 Å². The van der Waals surface area contributed by atoms with Crippen molar-refractivity contribution in [3.05, 3.63) is 209 Å². The average Bonchev–Trinajstić information content (AvgIpc) is 3.50. The second-order valence-electron chi connectivity index (χ2n) is 12.5. The van der Waals surface area contributed by atoms with Crippen LogP contribution in [0.25, 0.3) is 56.4 Å². The summed E-state index contributed by atoms with van der Waals surface area (Å²) >= 11 is 6.72. The molecule has 4 heteroatoms. The lowest BCUT2D eigenvalue weighted by atomic mass is 9.67. The monoisotopic (exact) mass is 659 g/mol. The van der Waals surface area contributed by atoms with E-state index in [1.807, 2.05) is 48.5 Å². The molecule has 0 fully saturated rings. The predicted molar refractivity (Wildman–Crippen MR) is 204 cm³/mol. The van der Waals surface area contributed by atoms with Crippen molar-refractivity contribution in [1.82, 2.24) is 15.0 Å². The molecule has 0 N–H and O–H groups in total. The zero-order valence-corrected chi connectivity index (χ0v) is 27.8. The van der Waals surface area contributed by atoms with Gasteiger partial charge in [-0.2, -0.15) is 0 Å². The van der Waals surface area contributed by atoms with Crippen LogP contribution in [0, 0.1) is 0 Å². The third-order valence-corrected chi connectivity index (χ3v) is 9.92. The van der Waals surface area contributed by atoms with Gasteiger partial charge in [0.15, 0.2) is 17.5 Å². The van der Waals surface area contributed by atoms with Gasteiger partial charge < -0.3 is 0 Å². The summed E-state index contributed by atoms with van der Waals surface area (Å²) in [6.45, 7) is 0. The first-order valence-corrected chi connectivity index (χ1v) is 17.1. The molecule has 1 aliphatic rings. The minimum atomic E-state index is -0.598. The average molecular weight is 660 g/mol. The number of hydrogen-bond donors (Lipinski definition) is 0. The van der Waals surface area contributed by atoms with Crippen LogP contribution in [0.15, 0.2) is 182 Å². The fourth-order valence-corrected chi connectivity index (χ4v) is 7.62. The zero-order valence-electron chi connectivity index (χ0n) is 27.0. The molecule has 0 amide bonds. The van der Waals surface area contributed by atoms with Crippen molar-refractivity contribution in [3.8, 4) is 56.4 Å². The van der Waals surface area contributed by atoms with Crippen molar-refractivity contribution in [2.75, 3.05) is 0 Å². The molecule has 1 aromatic heterocycles. The predicted octanol–water partition coefficient (Wildman–Crippen LogP) is 11.6. The van der Waals surface area contributed by atoms with Gasteiger partial charge >= 0.3 is 0 Å². The van der Waals surface area contributed by atoms with Crippen LogP contribution in [0.3, 0.4) is 0 Å². The Kier molecular flexibility index (Phi) is 7.41. The molecule has 9 rings (SSSR count). The Morgan fingerprint density at radius 1 is 0.340 bits per heavy atom. The minimum absolute atomic E-state index is 0.598. The number of aromatic nitrogens is 3. The second-order valence-corrected chi connectivity index (χ2v) is 13.0. The third-order valence-electron chi connectivity index (χ3n) is 9.68. The second kappa shape index (κ2) is 12.4. The molecule has 0 spiro atoms. The molecule has 3 nitrogen and oxygen atoms in total. The Morgan fingerprint density at radius 2 is 0.760 bits per heavy atom. The highest BCUT2D eigenvalue weighted by molar-refractivity contribution is 6.30. The SMILES string of the molecule is Clc1cccc(C2(c3cccc(-c4nc(-c5ccccc5)nc(-c5ccc(-c6ccccc6)cc5)n4)c3)c3ccccc3-c3ccccc32)c1. The molecule has 0 atom stereocenters. The Hall–Kier alpha value is -6.16. The van der Waals surface area contributed by atoms with Gasteiger partial charge in [-0.3, -0.25) is 0 Å². The molecule has 236 valence electrons. The number of hydrogen-bond acceptors (Lipinski definition) is 3. The molecular formula is C46H30ClN3. The lowest BCUT2D eigenvalue weighted by molar-refractivity contribution is 0.768. The standard InChI is InChI=1S/C46H30ClN3/c47-38-20-12-19-37(30-38)46(41-23-9-7-21-39(41)40-22-8-10-24-42(40)46)36-18-11-17-35(29-36)45-49-43(33-15-5-2-6-16-33)48-44(50-45)34-27-25-32(26-28-34)31-13-3-1-4-14-31/h1-30H. The summed E-state index contributed by atoms with van der Waals surface area (Å²) in [5.41, 5.74) is 11.6. The quantitative estimate of drug-likeness (QED) is 0.178. The molecule has 1 heterocycles. The van der Waals surface area contributed by atoms with E-state index in [9.17, 15) is 0 Å². The maximum absolute atomic E-state index is 6.72. The smallest absolute Gasteiger partial charge is 0.164 e. The summed E-state index contributed by atoms with van der Waals surface area (Å²) in [6, 6.07) is 63.3. The summed E-state index contributed by atoms with van der Waals surface area (Å²) < 4.78 is 0. The third kappa shape index (κ3) is 5.03. The van der Waals surface area contributed by atoms with Crippen molar-refractivity contribution >= 4 is 11.6 Å². The zero-order chi connectivity index (χ0) is 33.5. The van der Waals surface area contributed by atoms with E-state index in [2.05, 4.69) is 133 Å². The Morgan fingerprint density at radius 3 is 1.36 bits per heavy atom. The van der Waals surface area contributed by atoms with Crippen molar-refractivity contribution in [2.45, 2.75) is 5.41 Å². The van der Waals surface area contributed by atoms with E-state index in [4.69, 9.17) is 26.6 Å². The largest absolute Gasteiger partial charge is 0.208 e. The normalized spacial score (nSPS) is 12.7. The number of fused-ring (bicyclic) bond motifs is 3. The van der Waals surface area contributed by atoms with Crippen molar-refractivity contribution in [3.63, 3.8) is 0 Å². The lowest BCUT2D eigenvalue weighted by Crippen LogP contribution is -2.28. The molecule has 50 heavy (non-hydrogen) atoms. The van der Waals surface area contributed by atoms with Crippen LogP contribution in [-0.2, 0) is 5.41 Å². The van der Waals surface area contributed by atoms with E-state index >= 15 is 0 Å². The molecule has 0 aliphatic heterocycles. The lowest BCUT2D eigenvalue weighted by Gasteiger charge is -2.34. The van der Waals surface area contributed by atoms with E-state index in [1.54, 1.807) is 0 Å². The van der Waals surface area contributed by atoms with Crippen LogP contribution >= 0.6 is 11.6 Å². The van der Waals surface area contributed by atoms with E-state index < -0.39 is 5.41 Å². The highest BCUT2D eigenvalue weighted by Gasteiger charge is 2.46. The van der Waals surface area contributed by atoms with Gasteiger partial charge in [-0.05, 0) is 62.7 Å². The van der Waals surface area contributed by atoms with Gasteiger partial charge in [0.25, 0.3) is 0 Å². The molecule has 0 radical (unpaired) electrons. The van der Waals surface area contributed by atoms with Gasteiger partial charge in [-0.1, -0.05) is 175 Å². The minimum Gasteiger partial charge on any atom is -0.208 e. The van der Waals surface area contributed by atoms with Gasteiger partial charge in [0.1, 0.15) is 0 Å². The van der Waals surface area contributed by atoms with E-state index in [1.165, 1.54) is 27.8 Å². The van der Waals surface area contributed by atoms with Crippen molar-refractivity contribution in [2.24, 2.45) is 0 Å². The number of rotatable bonds is 6. The number of nitrogens with zero attached hydrogens (tertiary/aromatic N) is 3. The molecule has 0 saturated carbocycles. The molecule has 1 aliphatic carbocycles. The van der Waals surface area contributed by atoms with E-state index in [-0.39, 0.29) is 0 Å². The summed E-state index contributed by atoms with van der Waals surface area (Å²) in [6.07, 6.45) is 0. The van der Waals surface area contributed by atoms with Crippen molar-refractivity contribution < 1.29 is 0 Å². The highest BCUT2D eigenvalue weighted by atomic mass is 35.5. The summed E-state index contributed by atoms with van der Waals surface area (Å²) in [4.78, 5) is 15.2. The molecule has 8 aromatic rings. The van der Waals surface area contributed by atoms with Crippen LogP contribution in [0.4, 0.5) is 0 Å². The van der Waals surface area contributed by atoms with Gasteiger partial charge in [-0.15, -0.1) is 0 Å². The Bertz CT molecular complexity index is 2450. The van der Waals surface area contributed by atoms with Crippen LogP contribution in [0.1, 0.15) is 22.3 Å². The Labute approximate surface area is 296 Å². The van der Waals surface area contributed by atoms with Gasteiger partial charge in [0.05, 0.1) is 5.41 Å². The summed E-state index contributed by atoms with van der Waals surface area (Å²) in [5.74, 6) is 1.87. The summed E-state index contributed by atoms with van der Waals surface area (Å²) in [5, 5.41) is 0.702. The maximum Gasteiger partial charge on any atom is 0.164 e. The number of benzene rings is 7. The van der Waals surface area contributed by atoms with Crippen LogP contribution in [0.5, 0.6) is 0 Å². The molecule has 7 aromatic carbocycles. The number of halogens is 1. The van der Waals surface area contributed by atoms with Crippen molar-refractivity contribution in [1.29, 1.82) is 0 Å². The van der Waals surface area contributed by atoms with Crippen LogP contribution in [0.2, 0.25) is 5.02 Å². The first-order chi connectivity index (χ1) is 24.7. The van der Waals surface area contributed by atoms with Crippen LogP contribution < -0.4 is 0 Å². The molecular weight excluding hydrogens is 630 g/mol. The fraction of sp³-hybridized carbons (Fsp3) is 0.0217. The van der Waals surface area contributed by atoms with E-state index in [0.717, 1.165) is 33.4 Å². The topological polar surface area (TPSA) is 38.7 Å².